The molecule has 5 rings (SSSR count). The van der Waals surface area contributed by atoms with Crippen molar-refractivity contribution >= 4 is 27.3 Å². The minimum Gasteiger partial charge on any atom is -0.337 e. The van der Waals surface area contributed by atoms with Crippen molar-refractivity contribution in [2.75, 3.05) is 6.54 Å². The summed E-state index contributed by atoms with van der Waals surface area (Å²) in [6.45, 7) is 3.48. The molecular weight excluding hydrogens is 623 g/mol. The third kappa shape index (κ3) is 4.68. The molecule has 2 unspecified atom stereocenters. The number of benzene rings is 2. The fourth-order valence-corrected chi connectivity index (χ4v) is 9.93. The highest BCUT2D eigenvalue weighted by Crippen LogP contribution is 2.57. The Kier molecular flexibility index (Phi) is 7.72. The molecule has 4 nitrogen and oxygen atoms in total. The van der Waals surface area contributed by atoms with Crippen molar-refractivity contribution < 1.29 is 43.9 Å². The number of sulfone groups is 1. The fraction of sp³-hybridized carbons (Fsp3) is 0.567. The van der Waals surface area contributed by atoms with Crippen LogP contribution in [0, 0.1) is 12.3 Å². The predicted molar refractivity (Wildman–Crippen MR) is 146 cm³/mol. The maximum absolute atomic E-state index is 15.0. The molecule has 2 aromatic rings. The number of alkyl halides is 7. The van der Waals surface area contributed by atoms with Gasteiger partial charge in [-0.05, 0) is 73.9 Å². The highest BCUT2D eigenvalue weighted by Gasteiger charge is 2.74. The summed E-state index contributed by atoms with van der Waals surface area (Å²) >= 11 is 6.14. The van der Waals surface area contributed by atoms with E-state index < -0.39 is 49.6 Å². The largest absolute Gasteiger partial charge is 0.435 e. The van der Waals surface area contributed by atoms with Gasteiger partial charge in [-0.1, -0.05) is 56.0 Å². The van der Waals surface area contributed by atoms with Crippen LogP contribution in [0.3, 0.4) is 0 Å². The van der Waals surface area contributed by atoms with Gasteiger partial charge in [0.05, 0.1) is 10.9 Å². The van der Waals surface area contributed by atoms with Crippen LogP contribution in [0.1, 0.15) is 74.1 Å². The Morgan fingerprint density at radius 3 is 2.14 bits per heavy atom. The van der Waals surface area contributed by atoms with Gasteiger partial charge in [0.2, 0.25) is 5.91 Å². The van der Waals surface area contributed by atoms with Crippen molar-refractivity contribution in [2.24, 2.45) is 5.41 Å². The Hall–Kier alpha value is -2.34. The van der Waals surface area contributed by atoms with E-state index in [0.29, 0.717) is 35.6 Å². The zero-order valence-electron chi connectivity index (χ0n) is 23.5. The zero-order valence-corrected chi connectivity index (χ0v) is 25.1. The van der Waals surface area contributed by atoms with E-state index in [0.717, 1.165) is 25.3 Å². The van der Waals surface area contributed by atoms with Crippen LogP contribution in [0.5, 0.6) is 0 Å². The molecule has 2 fully saturated rings. The molecule has 1 saturated carbocycles. The van der Waals surface area contributed by atoms with E-state index in [9.17, 15) is 39.6 Å². The van der Waals surface area contributed by atoms with E-state index >= 15 is 4.39 Å². The van der Waals surface area contributed by atoms with Gasteiger partial charge < -0.3 is 4.90 Å². The average molecular weight is 654 g/mol. The Morgan fingerprint density at radius 1 is 0.930 bits per heavy atom. The zero-order chi connectivity index (χ0) is 31.8. The summed E-state index contributed by atoms with van der Waals surface area (Å²) in [5, 5.41) is 0.300. The molecule has 13 heteroatoms. The van der Waals surface area contributed by atoms with E-state index in [2.05, 4.69) is 0 Å². The topological polar surface area (TPSA) is 54.5 Å². The molecule has 0 spiro atoms. The third-order valence-corrected chi connectivity index (χ3v) is 12.7. The highest BCUT2D eigenvalue weighted by atomic mass is 35.5. The van der Waals surface area contributed by atoms with Crippen molar-refractivity contribution in [3.8, 4) is 0 Å². The Morgan fingerprint density at radius 2 is 1.56 bits per heavy atom. The summed E-state index contributed by atoms with van der Waals surface area (Å²) in [5.74, 6) is -0.210. The monoisotopic (exact) mass is 653 g/mol. The van der Waals surface area contributed by atoms with Gasteiger partial charge in [0, 0.05) is 22.5 Å². The smallest absolute Gasteiger partial charge is 0.337 e. The molecule has 1 saturated heterocycles. The van der Waals surface area contributed by atoms with E-state index in [-0.39, 0.29) is 47.7 Å². The summed E-state index contributed by atoms with van der Waals surface area (Å²) in [7, 11) is -4.43. The number of halogens is 8. The van der Waals surface area contributed by atoms with Crippen LogP contribution in [0.4, 0.5) is 30.7 Å². The predicted octanol–water partition coefficient (Wildman–Crippen LogP) is 8.12. The highest BCUT2D eigenvalue weighted by molar-refractivity contribution is 7.92. The summed E-state index contributed by atoms with van der Waals surface area (Å²) in [4.78, 5) is 15.4. The van der Waals surface area contributed by atoms with Gasteiger partial charge in [-0.2, -0.15) is 26.3 Å². The molecule has 1 amide bonds. The number of nitrogens with zero attached hydrogens (tertiary/aromatic N) is 1. The number of carbonyl (C=O) groups is 1. The number of hydrogen-bond donors (Lipinski definition) is 0. The maximum Gasteiger partial charge on any atom is 0.435 e. The Labute approximate surface area is 250 Å². The minimum atomic E-state index is -6.31. The maximum atomic E-state index is 15.0. The molecule has 2 aliphatic carbocycles. The van der Waals surface area contributed by atoms with Crippen molar-refractivity contribution in [1.29, 1.82) is 0 Å². The first kappa shape index (κ1) is 32.1. The molecule has 1 aliphatic heterocycles. The number of likely N-dealkylation sites (tertiary alicyclic amines) is 1. The summed E-state index contributed by atoms with van der Waals surface area (Å²) in [6, 6.07) is 4.86. The van der Waals surface area contributed by atoms with Crippen LogP contribution < -0.4 is 0 Å². The quantitative estimate of drug-likeness (QED) is 0.313. The lowest BCUT2D eigenvalue weighted by Crippen LogP contribution is -2.55. The summed E-state index contributed by atoms with van der Waals surface area (Å²) in [5.41, 5.74) is -7.74. The third-order valence-electron chi connectivity index (χ3n) is 9.72. The van der Waals surface area contributed by atoms with Crippen LogP contribution in [-0.4, -0.2) is 44.2 Å². The number of fused-ring (bicyclic) bond motifs is 3. The Balaban J connectivity index is 1.70. The molecule has 3 aliphatic rings. The van der Waals surface area contributed by atoms with E-state index in [1.165, 1.54) is 18.2 Å². The SMILES string of the molecule is Cc1cc(S(=O)(=O)C23CCN(C(=O)C4(C)CCCCC4)C2CCc2cc(C(F)(C(F)(F)F)C(F)(F)F)ccc23)ccc1Cl. The molecular formula is C30H31ClF7NO3S. The second-order valence-corrected chi connectivity index (χ2v) is 14.9. The second kappa shape index (κ2) is 10.4. The lowest BCUT2D eigenvalue weighted by atomic mass is 9.73. The van der Waals surface area contributed by atoms with Crippen molar-refractivity contribution in [1.82, 2.24) is 4.90 Å². The van der Waals surface area contributed by atoms with Crippen LogP contribution in [-0.2, 0) is 31.5 Å². The molecule has 1 heterocycles. The summed E-state index contributed by atoms with van der Waals surface area (Å²) < 4.78 is 124. The van der Waals surface area contributed by atoms with E-state index in [1.54, 1.807) is 11.8 Å². The summed E-state index contributed by atoms with van der Waals surface area (Å²) in [6.07, 6.45) is -9.04. The molecule has 0 aromatic heterocycles. The van der Waals surface area contributed by atoms with Crippen molar-refractivity contribution in [3.63, 3.8) is 0 Å². The Bertz CT molecular complexity index is 1540. The lowest BCUT2D eigenvalue weighted by Gasteiger charge is -2.45. The first-order valence-corrected chi connectivity index (χ1v) is 16.0. The molecule has 2 atom stereocenters. The molecule has 236 valence electrons. The van der Waals surface area contributed by atoms with Crippen LogP contribution in [0.2, 0.25) is 5.02 Å². The van der Waals surface area contributed by atoms with Crippen LogP contribution >= 0.6 is 11.6 Å². The number of rotatable bonds is 4. The molecule has 0 bridgehead atoms. The first-order chi connectivity index (χ1) is 19.8. The molecule has 43 heavy (non-hydrogen) atoms. The van der Waals surface area contributed by atoms with Gasteiger partial charge in [0.1, 0.15) is 4.75 Å². The molecule has 2 aromatic carbocycles. The van der Waals surface area contributed by atoms with Gasteiger partial charge >= 0.3 is 18.0 Å². The van der Waals surface area contributed by atoms with Gasteiger partial charge in [-0.15, -0.1) is 0 Å². The number of carbonyl (C=O) groups excluding carboxylic acids is 1. The normalized spacial score (nSPS) is 24.4. The van der Waals surface area contributed by atoms with Crippen molar-refractivity contribution in [2.45, 2.75) is 98.9 Å². The first-order valence-electron chi connectivity index (χ1n) is 14.1. The second-order valence-electron chi connectivity index (χ2n) is 12.3. The fourth-order valence-electron chi connectivity index (χ4n) is 7.36. The van der Waals surface area contributed by atoms with Gasteiger partial charge in [0.15, 0.2) is 9.84 Å². The average Bonchev–Trinajstić information content (AvgIpc) is 3.34. The molecule has 0 radical (unpaired) electrons. The van der Waals surface area contributed by atoms with E-state index in [4.69, 9.17) is 11.6 Å². The molecule has 0 N–H and O–H groups in total. The standard InChI is InChI=1S/C30H31ClF7NO3S/c1-18-16-21(8-10-23(18)31)43(41,42)27-14-15-39(25(40)26(2)12-4-3-5-13-26)24(27)11-6-19-17-20(7-9-22(19)27)28(32,29(33,34)35)30(36,37)38/h7-10,16-17,24H,3-6,11-15H2,1-2H3. The van der Waals surface area contributed by atoms with Gasteiger partial charge in [-0.25, -0.2) is 12.8 Å². The number of hydrogen-bond acceptors (Lipinski definition) is 3. The van der Waals surface area contributed by atoms with Gasteiger partial charge in [-0.3, -0.25) is 4.79 Å². The lowest BCUT2D eigenvalue weighted by molar-refractivity contribution is -0.348. The van der Waals surface area contributed by atoms with E-state index in [1.807, 2.05) is 6.92 Å². The minimum absolute atomic E-state index is 0.0177. The number of amides is 1. The number of aryl methyl sites for hydroxylation is 2. The van der Waals surface area contributed by atoms with Crippen molar-refractivity contribution in [3.05, 3.63) is 63.7 Å². The van der Waals surface area contributed by atoms with Crippen LogP contribution in [0.15, 0.2) is 41.3 Å². The van der Waals surface area contributed by atoms with Gasteiger partial charge in [0.25, 0.3) is 0 Å². The van der Waals surface area contributed by atoms with Crippen LogP contribution in [0.25, 0.3) is 0 Å².